The average Bonchev–Trinajstić information content (AvgIpc) is 2.69. The number of pyridine rings is 1. The first-order valence-electron chi connectivity index (χ1n) is 8.76. The number of halogens is 3. The minimum Gasteiger partial charge on any atom is -0.271 e. The molecular formula is C22H19F3N2S. The second kappa shape index (κ2) is 9.06. The zero-order chi connectivity index (χ0) is 20.0. The number of thioether (sulfide) groups is 1. The summed E-state index contributed by atoms with van der Waals surface area (Å²) in [6.45, 7) is 3.55. The van der Waals surface area contributed by atoms with Crippen LogP contribution >= 0.6 is 11.8 Å². The van der Waals surface area contributed by atoms with Gasteiger partial charge in [-0.1, -0.05) is 24.3 Å². The van der Waals surface area contributed by atoms with Crippen LogP contribution in [-0.4, -0.2) is 17.5 Å². The molecule has 1 aromatic heterocycles. The Labute approximate surface area is 166 Å². The molecule has 0 radical (unpaired) electrons. The molecule has 28 heavy (non-hydrogen) atoms. The van der Waals surface area contributed by atoms with Crippen molar-refractivity contribution in [2.75, 3.05) is 5.75 Å². The number of aryl methyl sites for hydroxylation is 1. The van der Waals surface area contributed by atoms with Gasteiger partial charge >= 0.3 is 6.18 Å². The SMILES string of the molecule is C=N/C=C(\SCCCc1ccc(C(F)(F)F)cc1)c1ccc2cnccc2c1. The topological polar surface area (TPSA) is 25.2 Å². The number of rotatable bonds is 7. The molecule has 0 saturated heterocycles. The number of alkyl halides is 3. The maximum absolute atomic E-state index is 12.6. The van der Waals surface area contributed by atoms with Gasteiger partial charge in [0, 0.05) is 28.9 Å². The van der Waals surface area contributed by atoms with Crippen molar-refractivity contribution in [2.45, 2.75) is 19.0 Å². The van der Waals surface area contributed by atoms with Gasteiger partial charge in [-0.15, -0.1) is 11.8 Å². The van der Waals surface area contributed by atoms with Crippen LogP contribution in [0.4, 0.5) is 13.2 Å². The van der Waals surface area contributed by atoms with E-state index in [-0.39, 0.29) is 0 Å². The van der Waals surface area contributed by atoms with Crippen molar-refractivity contribution in [3.05, 3.63) is 83.8 Å². The summed E-state index contributed by atoms with van der Waals surface area (Å²) in [5.74, 6) is 0.830. The molecule has 3 rings (SSSR count). The van der Waals surface area contributed by atoms with Crippen LogP contribution in [0.25, 0.3) is 15.7 Å². The number of aliphatic imine (C=N–C) groups is 1. The molecule has 0 saturated carbocycles. The second-order valence-corrected chi connectivity index (χ2v) is 7.40. The van der Waals surface area contributed by atoms with E-state index in [0.29, 0.717) is 0 Å². The molecule has 3 aromatic rings. The third-order valence-corrected chi connectivity index (χ3v) is 5.43. The second-order valence-electron chi connectivity index (χ2n) is 6.26. The van der Waals surface area contributed by atoms with Crippen molar-refractivity contribution in [3.8, 4) is 0 Å². The van der Waals surface area contributed by atoms with Crippen molar-refractivity contribution >= 4 is 34.2 Å². The van der Waals surface area contributed by atoms with E-state index >= 15 is 0 Å². The molecule has 0 bridgehead atoms. The number of hydrogen-bond donors (Lipinski definition) is 0. The molecule has 0 aliphatic rings. The largest absolute Gasteiger partial charge is 0.416 e. The molecule has 0 aliphatic carbocycles. The zero-order valence-electron chi connectivity index (χ0n) is 15.1. The molecule has 2 nitrogen and oxygen atoms in total. The Balaban J connectivity index is 1.59. The van der Waals surface area contributed by atoms with Gasteiger partial charge in [0.15, 0.2) is 0 Å². The lowest BCUT2D eigenvalue weighted by atomic mass is 10.1. The van der Waals surface area contributed by atoms with Crippen molar-refractivity contribution in [3.63, 3.8) is 0 Å². The lowest BCUT2D eigenvalue weighted by Gasteiger charge is -2.09. The first-order chi connectivity index (χ1) is 13.5. The van der Waals surface area contributed by atoms with E-state index in [9.17, 15) is 13.2 Å². The van der Waals surface area contributed by atoms with Gasteiger partial charge in [-0.2, -0.15) is 13.2 Å². The van der Waals surface area contributed by atoms with E-state index in [1.807, 2.05) is 24.4 Å². The van der Waals surface area contributed by atoms with Crippen LogP contribution in [0.2, 0.25) is 0 Å². The molecule has 0 atom stereocenters. The third kappa shape index (κ3) is 5.23. The predicted molar refractivity (Wildman–Crippen MR) is 111 cm³/mol. The third-order valence-electron chi connectivity index (χ3n) is 4.28. The Morgan fingerprint density at radius 2 is 1.86 bits per heavy atom. The van der Waals surface area contributed by atoms with Gasteiger partial charge in [0.2, 0.25) is 0 Å². The van der Waals surface area contributed by atoms with Crippen LogP contribution in [0.3, 0.4) is 0 Å². The Kier molecular flexibility index (Phi) is 6.52. The molecule has 0 aliphatic heterocycles. The molecule has 1 heterocycles. The monoisotopic (exact) mass is 400 g/mol. The van der Waals surface area contributed by atoms with E-state index in [2.05, 4.69) is 22.8 Å². The van der Waals surface area contributed by atoms with Gasteiger partial charge in [0.1, 0.15) is 0 Å². The summed E-state index contributed by atoms with van der Waals surface area (Å²) in [5, 5.41) is 2.18. The molecular weight excluding hydrogens is 381 g/mol. The van der Waals surface area contributed by atoms with Gasteiger partial charge < -0.3 is 0 Å². The van der Waals surface area contributed by atoms with Crippen LogP contribution in [0.1, 0.15) is 23.1 Å². The fraction of sp³-hybridized carbons (Fsp3) is 0.182. The first kappa shape index (κ1) is 20.1. The van der Waals surface area contributed by atoms with Gasteiger partial charge in [0.25, 0.3) is 0 Å². The van der Waals surface area contributed by atoms with E-state index in [1.54, 1.807) is 36.3 Å². The normalized spacial score (nSPS) is 12.3. The highest BCUT2D eigenvalue weighted by Crippen LogP contribution is 2.31. The lowest BCUT2D eigenvalue weighted by molar-refractivity contribution is -0.137. The molecule has 0 spiro atoms. The van der Waals surface area contributed by atoms with Gasteiger partial charge in [-0.25, -0.2) is 0 Å². The van der Waals surface area contributed by atoms with E-state index in [1.165, 1.54) is 0 Å². The summed E-state index contributed by atoms with van der Waals surface area (Å²) in [6, 6.07) is 13.5. The Morgan fingerprint density at radius 1 is 1.07 bits per heavy atom. The number of fused-ring (bicyclic) bond motifs is 1. The van der Waals surface area contributed by atoms with Gasteiger partial charge in [-0.05, 0) is 66.1 Å². The van der Waals surface area contributed by atoms with Crippen LogP contribution < -0.4 is 0 Å². The molecule has 0 fully saturated rings. The Morgan fingerprint density at radius 3 is 2.57 bits per heavy atom. The average molecular weight is 400 g/mol. The molecule has 0 unspecified atom stereocenters. The summed E-state index contributed by atoms with van der Waals surface area (Å²) in [7, 11) is 0. The quantitative estimate of drug-likeness (QED) is 0.329. The minimum absolute atomic E-state index is 0.612. The van der Waals surface area contributed by atoms with Crippen LogP contribution in [0, 0.1) is 0 Å². The predicted octanol–water partition coefficient (Wildman–Crippen LogP) is 6.62. The summed E-state index contributed by atoms with van der Waals surface area (Å²) >= 11 is 1.67. The molecule has 2 aromatic carbocycles. The highest BCUT2D eigenvalue weighted by molar-refractivity contribution is 8.08. The highest BCUT2D eigenvalue weighted by atomic mass is 32.2. The molecule has 6 heteroatoms. The lowest BCUT2D eigenvalue weighted by Crippen LogP contribution is -2.04. The van der Waals surface area contributed by atoms with Crippen molar-refractivity contribution in [1.29, 1.82) is 0 Å². The molecule has 144 valence electrons. The zero-order valence-corrected chi connectivity index (χ0v) is 15.9. The summed E-state index contributed by atoms with van der Waals surface area (Å²) in [5.41, 5.74) is 1.35. The van der Waals surface area contributed by atoms with Crippen LogP contribution in [0.15, 0.2) is 72.1 Å². The first-order valence-corrected chi connectivity index (χ1v) is 9.75. The van der Waals surface area contributed by atoms with Crippen LogP contribution in [0.5, 0.6) is 0 Å². The maximum Gasteiger partial charge on any atom is 0.416 e. The minimum atomic E-state index is -4.29. The number of aromatic nitrogens is 1. The van der Waals surface area contributed by atoms with Gasteiger partial charge in [0.05, 0.1) is 5.56 Å². The summed E-state index contributed by atoms with van der Waals surface area (Å²) in [4.78, 5) is 9.05. The van der Waals surface area contributed by atoms with E-state index in [4.69, 9.17) is 0 Å². The van der Waals surface area contributed by atoms with Crippen molar-refractivity contribution < 1.29 is 13.2 Å². The van der Waals surface area contributed by atoms with E-state index in [0.717, 1.165) is 57.5 Å². The van der Waals surface area contributed by atoms with Crippen LogP contribution in [-0.2, 0) is 12.6 Å². The number of benzene rings is 2. The fourth-order valence-corrected chi connectivity index (χ4v) is 3.78. The highest BCUT2D eigenvalue weighted by Gasteiger charge is 2.29. The smallest absolute Gasteiger partial charge is 0.271 e. The fourth-order valence-electron chi connectivity index (χ4n) is 2.83. The Hall–Kier alpha value is -2.60. The van der Waals surface area contributed by atoms with Gasteiger partial charge in [-0.3, -0.25) is 9.98 Å². The van der Waals surface area contributed by atoms with Crippen molar-refractivity contribution in [1.82, 2.24) is 4.98 Å². The maximum atomic E-state index is 12.6. The molecule has 0 amide bonds. The number of hydrogen-bond acceptors (Lipinski definition) is 3. The summed E-state index contributed by atoms with van der Waals surface area (Å²) in [6.07, 6.45) is 2.61. The van der Waals surface area contributed by atoms with Crippen molar-refractivity contribution in [2.24, 2.45) is 4.99 Å². The molecule has 0 N–H and O–H groups in total. The standard InChI is InChI=1S/C22H19F3N2S/c1-26-15-21(18-6-7-19-14-27-11-10-17(19)13-18)28-12-2-3-16-4-8-20(9-5-16)22(23,24)25/h4-11,13-15H,1-3,12H2/b21-15-. The summed E-state index contributed by atoms with van der Waals surface area (Å²) < 4.78 is 37.9. The van der Waals surface area contributed by atoms with E-state index < -0.39 is 11.7 Å². The number of nitrogens with zero attached hydrogens (tertiary/aromatic N) is 2. The Bertz CT molecular complexity index is 979.